The average molecular weight is 550 g/mol. The lowest BCUT2D eigenvalue weighted by Crippen LogP contribution is -2.37. The van der Waals surface area contributed by atoms with Crippen molar-refractivity contribution >= 4 is 43.0 Å². The molecule has 0 aliphatic heterocycles. The Morgan fingerprint density at radius 3 is 2.08 bits per heavy atom. The number of nitrogens with zero attached hydrogens (tertiary/aromatic N) is 1. The number of anilines is 3. The molecule has 1 amide bonds. The van der Waals surface area contributed by atoms with Gasteiger partial charge in [0.25, 0.3) is 10.0 Å². The summed E-state index contributed by atoms with van der Waals surface area (Å²) >= 11 is 0. The van der Waals surface area contributed by atoms with Crippen LogP contribution in [0.4, 0.5) is 17.1 Å². The fraction of sp³-hybridized carbons (Fsp3) is 0.208. The normalized spacial score (nSPS) is 11.4. The number of carbonyl (C=O) groups excluding carboxylic acids is 1. The highest BCUT2D eigenvalue weighted by Gasteiger charge is 2.22. The molecule has 0 saturated heterocycles. The summed E-state index contributed by atoms with van der Waals surface area (Å²) in [5.74, 6) is 0.556. The number of hydrogen-bond donors (Lipinski definition) is 2. The van der Waals surface area contributed by atoms with Crippen molar-refractivity contribution in [2.24, 2.45) is 0 Å². The fourth-order valence-corrected chi connectivity index (χ4v) is 5.22. The molecule has 0 radical (unpaired) electrons. The highest BCUT2D eigenvalue weighted by atomic mass is 32.2. The van der Waals surface area contributed by atoms with E-state index in [1.807, 2.05) is 0 Å². The van der Waals surface area contributed by atoms with Crippen LogP contribution in [0.3, 0.4) is 0 Å². The van der Waals surface area contributed by atoms with E-state index in [-0.39, 0.29) is 22.0 Å². The van der Waals surface area contributed by atoms with Gasteiger partial charge >= 0.3 is 0 Å². The standard InChI is InChI=1S/C24H27N3O8S2/c1-33-19-7-5-6-18(14-19)27(36(4,29)30)16-24(28)25-17-8-11-21(12-9-17)37(31,32)26-22-15-20(34-2)10-13-23(22)35-3/h5-15,26H,16H2,1-4H3,(H,25,28). The first kappa shape index (κ1) is 27.6. The number of hydrogen-bond acceptors (Lipinski definition) is 8. The quantitative estimate of drug-likeness (QED) is 0.372. The third-order valence-corrected chi connectivity index (χ3v) is 7.65. The van der Waals surface area contributed by atoms with Crippen LogP contribution in [0.15, 0.2) is 71.6 Å². The predicted octanol–water partition coefficient (Wildman–Crippen LogP) is 2.92. The Labute approximate surface area is 216 Å². The fourth-order valence-electron chi connectivity index (χ4n) is 3.31. The highest BCUT2D eigenvalue weighted by molar-refractivity contribution is 7.92. The number of sulfonamides is 2. The number of rotatable bonds is 11. The molecule has 198 valence electrons. The molecule has 0 unspecified atom stereocenters. The van der Waals surface area contributed by atoms with Crippen molar-refractivity contribution in [2.75, 3.05) is 48.5 Å². The lowest BCUT2D eigenvalue weighted by Gasteiger charge is -2.22. The van der Waals surface area contributed by atoms with Gasteiger partial charge in [0.2, 0.25) is 15.9 Å². The van der Waals surface area contributed by atoms with E-state index in [0.29, 0.717) is 17.2 Å². The number of ether oxygens (including phenoxy) is 3. The number of methoxy groups -OCH3 is 3. The summed E-state index contributed by atoms with van der Waals surface area (Å²) in [7, 11) is -3.46. The minimum atomic E-state index is -3.99. The maximum atomic E-state index is 12.9. The molecule has 0 aliphatic rings. The maximum absolute atomic E-state index is 12.9. The van der Waals surface area contributed by atoms with Crippen molar-refractivity contribution in [2.45, 2.75) is 4.90 Å². The molecule has 2 N–H and O–H groups in total. The number of benzene rings is 3. The van der Waals surface area contributed by atoms with Crippen LogP contribution < -0.4 is 28.6 Å². The molecule has 0 spiro atoms. The summed E-state index contributed by atoms with van der Waals surface area (Å²) in [5, 5.41) is 2.58. The Morgan fingerprint density at radius 1 is 0.838 bits per heavy atom. The van der Waals surface area contributed by atoms with Gasteiger partial charge in [0.05, 0.1) is 43.9 Å². The number of nitrogens with one attached hydrogen (secondary N) is 2. The summed E-state index contributed by atoms with van der Waals surface area (Å²) in [6.45, 7) is -0.497. The Bertz CT molecular complexity index is 1470. The van der Waals surface area contributed by atoms with Gasteiger partial charge < -0.3 is 19.5 Å². The van der Waals surface area contributed by atoms with Crippen molar-refractivity contribution < 1.29 is 35.8 Å². The molecule has 0 bridgehead atoms. The molecule has 3 rings (SSSR count). The van der Waals surface area contributed by atoms with E-state index in [4.69, 9.17) is 14.2 Å². The molecule has 0 aromatic heterocycles. The Kier molecular flexibility index (Phi) is 8.50. The van der Waals surface area contributed by atoms with Crippen LogP contribution in [0, 0.1) is 0 Å². The molecular formula is C24H27N3O8S2. The SMILES string of the molecule is COc1cccc(N(CC(=O)Nc2ccc(S(=O)(=O)Nc3cc(OC)ccc3OC)cc2)S(C)(=O)=O)c1. The Balaban J connectivity index is 1.74. The van der Waals surface area contributed by atoms with Crippen LogP contribution in [-0.2, 0) is 24.8 Å². The summed E-state index contributed by atoms with van der Waals surface area (Å²) in [6, 6.07) is 16.4. The first-order valence-corrected chi connectivity index (χ1v) is 14.1. The second kappa shape index (κ2) is 11.4. The molecule has 0 atom stereocenters. The van der Waals surface area contributed by atoms with E-state index in [0.717, 1.165) is 10.6 Å². The van der Waals surface area contributed by atoms with Crippen LogP contribution in [0.2, 0.25) is 0 Å². The van der Waals surface area contributed by atoms with Gasteiger partial charge in [-0.05, 0) is 48.5 Å². The monoisotopic (exact) mass is 549 g/mol. The van der Waals surface area contributed by atoms with Gasteiger partial charge in [0.1, 0.15) is 23.8 Å². The lowest BCUT2D eigenvalue weighted by atomic mass is 10.3. The minimum absolute atomic E-state index is 0.0653. The summed E-state index contributed by atoms with van der Waals surface area (Å²) in [4.78, 5) is 12.6. The molecule has 0 aliphatic carbocycles. The second-order valence-corrected chi connectivity index (χ2v) is 11.3. The van der Waals surface area contributed by atoms with Crippen molar-refractivity contribution in [1.82, 2.24) is 0 Å². The van der Waals surface area contributed by atoms with E-state index in [1.54, 1.807) is 30.3 Å². The van der Waals surface area contributed by atoms with Crippen LogP contribution in [0.1, 0.15) is 0 Å². The van der Waals surface area contributed by atoms with Crippen LogP contribution >= 0.6 is 0 Å². The van der Waals surface area contributed by atoms with Crippen molar-refractivity contribution in [1.29, 1.82) is 0 Å². The molecular weight excluding hydrogens is 522 g/mol. The summed E-state index contributed by atoms with van der Waals surface area (Å²) < 4.78 is 69.3. The zero-order valence-electron chi connectivity index (χ0n) is 20.6. The van der Waals surface area contributed by atoms with Crippen molar-refractivity contribution in [3.05, 3.63) is 66.7 Å². The van der Waals surface area contributed by atoms with E-state index in [9.17, 15) is 21.6 Å². The molecule has 11 nitrogen and oxygen atoms in total. The molecule has 0 heterocycles. The first-order valence-electron chi connectivity index (χ1n) is 10.7. The summed E-state index contributed by atoms with van der Waals surface area (Å²) in [6.07, 6.45) is 0.990. The van der Waals surface area contributed by atoms with Crippen LogP contribution in [0.25, 0.3) is 0 Å². The third-order valence-electron chi connectivity index (χ3n) is 5.13. The predicted molar refractivity (Wildman–Crippen MR) is 141 cm³/mol. The number of carbonyl (C=O) groups is 1. The Hall–Kier alpha value is -3.97. The second-order valence-electron chi connectivity index (χ2n) is 7.72. The average Bonchev–Trinajstić information content (AvgIpc) is 2.86. The van der Waals surface area contributed by atoms with Crippen molar-refractivity contribution in [3.63, 3.8) is 0 Å². The van der Waals surface area contributed by atoms with Gasteiger partial charge in [0, 0.05) is 17.8 Å². The molecule has 13 heteroatoms. The molecule has 3 aromatic rings. The highest BCUT2D eigenvalue weighted by Crippen LogP contribution is 2.31. The number of amides is 1. The van der Waals surface area contributed by atoms with Gasteiger partial charge in [-0.1, -0.05) is 6.07 Å². The smallest absolute Gasteiger partial charge is 0.262 e. The zero-order chi connectivity index (χ0) is 27.2. The van der Waals surface area contributed by atoms with E-state index < -0.39 is 32.5 Å². The van der Waals surface area contributed by atoms with Gasteiger partial charge in [-0.2, -0.15) is 0 Å². The van der Waals surface area contributed by atoms with Gasteiger partial charge in [0.15, 0.2) is 0 Å². The molecule has 0 saturated carbocycles. The van der Waals surface area contributed by atoms with Crippen molar-refractivity contribution in [3.8, 4) is 17.2 Å². The zero-order valence-corrected chi connectivity index (χ0v) is 22.2. The minimum Gasteiger partial charge on any atom is -0.497 e. The lowest BCUT2D eigenvalue weighted by molar-refractivity contribution is -0.114. The van der Waals surface area contributed by atoms with Gasteiger partial charge in [-0.3, -0.25) is 13.8 Å². The maximum Gasteiger partial charge on any atom is 0.262 e. The van der Waals surface area contributed by atoms with Gasteiger partial charge in [-0.15, -0.1) is 0 Å². The Morgan fingerprint density at radius 2 is 1.49 bits per heavy atom. The van der Waals surface area contributed by atoms with Crippen LogP contribution in [0.5, 0.6) is 17.2 Å². The van der Waals surface area contributed by atoms with Gasteiger partial charge in [-0.25, -0.2) is 16.8 Å². The molecule has 0 fully saturated rings. The summed E-state index contributed by atoms with van der Waals surface area (Å²) in [5.41, 5.74) is 0.733. The van der Waals surface area contributed by atoms with E-state index in [2.05, 4.69) is 10.0 Å². The molecule has 37 heavy (non-hydrogen) atoms. The molecule has 3 aromatic carbocycles. The first-order chi connectivity index (χ1) is 17.5. The van der Waals surface area contributed by atoms with Crippen LogP contribution in [-0.4, -0.2) is 56.9 Å². The van der Waals surface area contributed by atoms with E-state index >= 15 is 0 Å². The van der Waals surface area contributed by atoms with E-state index in [1.165, 1.54) is 57.7 Å². The third kappa shape index (κ3) is 7.05. The largest absolute Gasteiger partial charge is 0.497 e. The topological polar surface area (TPSA) is 140 Å².